The molecule has 1 aromatic rings. The minimum Gasteiger partial charge on any atom is -0.329 e. The van der Waals surface area contributed by atoms with Crippen LogP contribution in [0.15, 0.2) is 18.2 Å². The van der Waals surface area contributed by atoms with Crippen molar-refractivity contribution in [2.45, 2.75) is 38.6 Å². The molecule has 1 unspecified atom stereocenters. The second kappa shape index (κ2) is 6.49. The third kappa shape index (κ3) is 3.54. The van der Waals surface area contributed by atoms with Gasteiger partial charge in [0, 0.05) is 19.1 Å². The molecule has 1 aromatic carbocycles. The summed E-state index contributed by atoms with van der Waals surface area (Å²) in [6, 6.07) is 5.21. The zero-order valence-electron chi connectivity index (χ0n) is 12.0. The molecule has 2 rings (SSSR count). The molecule has 2 N–H and O–H groups in total. The summed E-state index contributed by atoms with van der Waals surface area (Å²) in [6.45, 7) is 3.64. The summed E-state index contributed by atoms with van der Waals surface area (Å²) in [4.78, 5) is 2.34. The molecule has 0 aromatic heterocycles. The Bertz CT molecular complexity index is 413. The van der Waals surface area contributed by atoms with E-state index in [0.29, 0.717) is 6.54 Å². The molecule has 1 saturated carbocycles. The van der Waals surface area contributed by atoms with Crippen LogP contribution in [0, 0.1) is 18.7 Å². The van der Waals surface area contributed by atoms with Gasteiger partial charge in [0.05, 0.1) is 0 Å². The molecule has 0 radical (unpaired) electrons. The van der Waals surface area contributed by atoms with E-state index in [1.807, 2.05) is 13.0 Å². The molecule has 0 heterocycles. The first kappa shape index (κ1) is 14.5. The van der Waals surface area contributed by atoms with Crippen LogP contribution in [-0.4, -0.2) is 25.0 Å². The quantitative estimate of drug-likeness (QED) is 0.884. The first-order chi connectivity index (χ1) is 9.11. The van der Waals surface area contributed by atoms with Gasteiger partial charge in [-0.25, -0.2) is 4.39 Å². The fourth-order valence-electron chi connectivity index (χ4n) is 3.28. The van der Waals surface area contributed by atoms with Crippen LogP contribution in [0.4, 0.5) is 4.39 Å². The molecule has 1 atom stereocenters. The van der Waals surface area contributed by atoms with Gasteiger partial charge in [0.25, 0.3) is 0 Å². The summed E-state index contributed by atoms with van der Waals surface area (Å²) >= 11 is 0. The van der Waals surface area contributed by atoms with Gasteiger partial charge in [-0.2, -0.15) is 0 Å². The minimum absolute atomic E-state index is 0.171. The average molecular weight is 264 g/mol. The number of hydrogen-bond acceptors (Lipinski definition) is 2. The zero-order valence-corrected chi connectivity index (χ0v) is 12.0. The normalized spacial score (nSPS) is 18.2. The maximum absolute atomic E-state index is 13.2. The highest BCUT2D eigenvalue weighted by Crippen LogP contribution is 2.29. The maximum Gasteiger partial charge on any atom is 0.123 e. The number of aryl methyl sites for hydroxylation is 1. The highest BCUT2D eigenvalue weighted by molar-refractivity contribution is 5.29. The smallest absolute Gasteiger partial charge is 0.123 e. The Kier molecular flexibility index (Phi) is 4.94. The molecule has 0 bridgehead atoms. The molecule has 1 aliphatic rings. The zero-order chi connectivity index (χ0) is 13.8. The number of benzene rings is 1. The van der Waals surface area contributed by atoms with Crippen molar-refractivity contribution in [3.8, 4) is 0 Å². The van der Waals surface area contributed by atoms with E-state index in [9.17, 15) is 4.39 Å². The minimum atomic E-state index is -0.171. The van der Waals surface area contributed by atoms with E-state index in [2.05, 4.69) is 11.9 Å². The topological polar surface area (TPSA) is 29.3 Å². The molecule has 1 aliphatic carbocycles. The van der Waals surface area contributed by atoms with Crippen molar-refractivity contribution < 1.29 is 4.39 Å². The lowest BCUT2D eigenvalue weighted by Gasteiger charge is -2.30. The lowest BCUT2D eigenvalue weighted by Crippen LogP contribution is -2.34. The lowest BCUT2D eigenvalue weighted by atomic mass is 9.98. The fourth-order valence-corrected chi connectivity index (χ4v) is 3.28. The molecule has 2 nitrogen and oxygen atoms in total. The molecule has 19 heavy (non-hydrogen) atoms. The van der Waals surface area contributed by atoms with E-state index in [1.165, 1.54) is 31.7 Å². The first-order valence-electron chi connectivity index (χ1n) is 7.28. The largest absolute Gasteiger partial charge is 0.329 e. The molecule has 0 amide bonds. The average Bonchev–Trinajstić information content (AvgIpc) is 2.85. The van der Waals surface area contributed by atoms with Crippen LogP contribution < -0.4 is 5.73 Å². The SMILES string of the molecule is Cc1cc(F)ccc1C(CN)N(C)CC1CCCC1. The van der Waals surface area contributed by atoms with E-state index in [0.717, 1.165) is 23.6 Å². The third-order valence-electron chi connectivity index (χ3n) is 4.37. The monoisotopic (exact) mass is 264 g/mol. The molecule has 0 aliphatic heterocycles. The van der Waals surface area contributed by atoms with Gasteiger partial charge in [-0.3, -0.25) is 4.90 Å². The van der Waals surface area contributed by atoms with Crippen LogP contribution in [0.3, 0.4) is 0 Å². The van der Waals surface area contributed by atoms with Crippen molar-refractivity contribution in [2.75, 3.05) is 20.1 Å². The van der Waals surface area contributed by atoms with Crippen molar-refractivity contribution in [1.82, 2.24) is 4.90 Å². The van der Waals surface area contributed by atoms with E-state index in [4.69, 9.17) is 5.73 Å². The van der Waals surface area contributed by atoms with E-state index >= 15 is 0 Å². The second-order valence-electron chi connectivity index (χ2n) is 5.84. The van der Waals surface area contributed by atoms with Gasteiger partial charge >= 0.3 is 0 Å². The van der Waals surface area contributed by atoms with Gasteiger partial charge in [0.2, 0.25) is 0 Å². The Hall–Kier alpha value is -0.930. The molecular weight excluding hydrogens is 239 g/mol. The van der Waals surface area contributed by atoms with E-state index < -0.39 is 0 Å². The van der Waals surface area contributed by atoms with Crippen molar-refractivity contribution >= 4 is 0 Å². The van der Waals surface area contributed by atoms with Crippen molar-refractivity contribution in [3.05, 3.63) is 35.1 Å². The molecule has 1 fully saturated rings. The van der Waals surface area contributed by atoms with Gasteiger partial charge in [-0.05, 0) is 56.0 Å². The molecular formula is C16H25FN2. The van der Waals surface area contributed by atoms with Crippen molar-refractivity contribution in [3.63, 3.8) is 0 Å². The number of rotatable bonds is 5. The Morgan fingerprint density at radius 1 is 1.37 bits per heavy atom. The lowest BCUT2D eigenvalue weighted by molar-refractivity contribution is 0.212. The number of hydrogen-bond donors (Lipinski definition) is 1. The second-order valence-corrected chi connectivity index (χ2v) is 5.84. The molecule has 0 saturated heterocycles. The Balaban J connectivity index is 2.09. The number of nitrogens with zero attached hydrogens (tertiary/aromatic N) is 1. The Morgan fingerprint density at radius 3 is 2.63 bits per heavy atom. The number of likely N-dealkylation sites (N-methyl/N-ethyl adjacent to an activating group) is 1. The van der Waals surface area contributed by atoms with Crippen LogP contribution in [0.1, 0.15) is 42.9 Å². The Labute approximate surface area is 115 Å². The summed E-state index contributed by atoms with van der Waals surface area (Å²) in [6.07, 6.45) is 5.40. The van der Waals surface area contributed by atoms with Crippen LogP contribution in [0.2, 0.25) is 0 Å². The fraction of sp³-hybridized carbons (Fsp3) is 0.625. The van der Waals surface area contributed by atoms with Gasteiger partial charge in [0.15, 0.2) is 0 Å². The van der Waals surface area contributed by atoms with Crippen LogP contribution in [0.5, 0.6) is 0 Å². The van der Waals surface area contributed by atoms with Gasteiger partial charge in [-0.1, -0.05) is 18.9 Å². The molecule has 0 spiro atoms. The van der Waals surface area contributed by atoms with Crippen molar-refractivity contribution in [2.24, 2.45) is 11.7 Å². The molecule has 3 heteroatoms. The summed E-state index contributed by atoms with van der Waals surface area (Å²) in [5, 5.41) is 0. The van der Waals surface area contributed by atoms with Crippen LogP contribution in [0.25, 0.3) is 0 Å². The Morgan fingerprint density at radius 2 is 2.05 bits per heavy atom. The summed E-state index contributed by atoms with van der Waals surface area (Å²) in [5.41, 5.74) is 8.10. The first-order valence-corrected chi connectivity index (χ1v) is 7.28. The summed E-state index contributed by atoms with van der Waals surface area (Å²) < 4.78 is 13.2. The highest BCUT2D eigenvalue weighted by Gasteiger charge is 2.22. The summed E-state index contributed by atoms with van der Waals surface area (Å²) in [5.74, 6) is 0.635. The molecule has 106 valence electrons. The van der Waals surface area contributed by atoms with E-state index in [1.54, 1.807) is 6.07 Å². The van der Waals surface area contributed by atoms with E-state index in [-0.39, 0.29) is 11.9 Å². The van der Waals surface area contributed by atoms with Crippen molar-refractivity contribution in [1.29, 1.82) is 0 Å². The maximum atomic E-state index is 13.2. The van der Waals surface area contributed by atoms with Gasteiger partial charge in [0.1, 0.15) is 5.82 Å². The van der Waals surface area contributed by atoms with Crippen LogP contribution >= 0.6 is 0 Å². The standard InChI is InChI=1S/C16H25FN2/c1-12-9-14(17)7-8-15(12)16(10-18)19(2)11-13-5-3-4-6-13/h7-9,13,16H,3-6,10-11,18H2,1-2H3. The highest BCUT2D eigenvalue weighted by atomic mass is 19.1. The third-order valence-corrected chi connectivity index (χ3v) is 4.37. The predicted octanol–water partition coefficient (Wildman–Crippen LogP) is 3.26. The van der Waals surface area contributed by atoms with Gasteiger partial charge in [-0.15, -0.1) is 0 Å². The number of halogens is 1. The van der Waals surface area contributed by atoms with Crippen LogP contribution in [-0.2, 0) is 0 Å². The van der Waals surface area contributed by atoms with Gasteiger partial charge < -0.3 is 5.73 Å². The summed E-state index contributed by atoms with van der Waals surface area (Å²) in [7, 11) is 2.14. The predicted molar refractivity (Wildman–Crippen MR) is 77.5 cm³/mol. The number of nitrogens with two attached hydrogens (primary N) is 1.